The zero-order valence-electron chi connectivity index (χ0n) is 9.02. The van der Waals surface area contributed by atoms with Crippen molar-refractivity contribution in [2.45, 2.75) is 13.8 Å². The number of carbonyl (C=O) groups is 1. The van der Waals surface area contributed by atoms with Crippen LogP contribution >= 0.6 is 11.3 Å². The van der Waals surface area contributed by atoms with Gasteiger partial charge in [-0.25, -0.2) is 9.97 Å². The summed E-state index contributed by atoms with van der Waals surface area (Å²) >= 11 is 1.39. The maximum atomic E-state index is 11.7. The first-order chi connectivity index (χ1) is 7.66. The van der Waals surface area contributed by atoms with E-state index in [9.17, 15) is 4.79 Å². The molecule has 0 aliphatic heterocycles. The average Bonchev–Trinajstić information content (AvgIpc) is 2.75. The van der Waals surface area contributed by atoms with Gasteiger partial charge in [-0.15, -0.1) is 11.3 Å². The fourth-order valence-corrected chi connectivity index (χ4v) is 1.87. The molecule has 0 aliphatic rings. The summed E-state index contributed by atoms with van der Waals surface area (Å²) < 4.78 is 0. The molecule has 1 N–H and O–H groups in total. The van der Waals surface area contributed by atoms with Crippen molar-refractivity contribution in [2.24, 2.45) is 0 Å². The predicted molar refractivity (Wildman–Crippen MR) is 63.8 cm³/mol. The van der Waals surface area contributed by atoms with Crippen molar-refractivity contribution in [1.82, 2.24) is 9.97 Å². The molecule has 5 heteroatoms. The Balaban J connectivity index is 2.18. The molecule has 2 rings (SSSR count). The minimum absolute atomic E-state index is 0.222. The van der Waals surface area contributed by atoms with E-state index in [1.807, 2.05) is 19.9 Å². The van der Waals surface area contributed by atoms with E-state index in [1.165, 1.54) is 11.3 Å². The number of amides is 1. The summed E-state index contributed by atoms with van der Waals surface area (Å²) in [5.41, 5.74) is 4.07. The molecule has 16 heavy (non-hydrogen) atoms. The van der Waals surface area contributed by atoms with Gasteiger partial charge < -0.3 is 5.32 Å². The normalized spacial score (nSPS) is 10.1. The molecule has 0 atom stereocenters. The van der Waals surface area contributed by atoms with Gasteiger partial charge in [-0.2, -0.15) is 0 Å². The summed E-state index contributed by atoms with van der Waals surface area (Å²) in [6.07, 6.45) is 1.73. The van der Waals surface area contributed by atoms with Gasteiger partial charge >= 0.3 is 0 Å². The second kappa shape index (κ2) is 4.40. The minimum Gasteiger partial charge on any atom is -0.305 e. The fraction of sp³-hybridized carbons (Fsp3) is 0.182. The van der Waals surface area contributed by atoms with Crippen molar-refractivity contribution < 1.29 is 4.79 Å². The van der Waals surface area contributed by atoms with E-state index in [4.69, 9.17) is 0 Å². The standard InChI is InChI=1S/C11H11N3OS/c1-7-3-8(2)10(12-4-7)14-11(15)9-5-16-6-13-9/h3-6H,1-2H3,(H,12,14,15). The molecule has 2 aromatic heterocycles. The van der Waals surface area contributed by atoms with Crippen molar-refractivity contribution >= 4 is 23.1 Å². The molecule has 0 saturated carbocycles. The number of carbonyl (C=O) groups excluding carboxylic acids is 1. The van der Waals surface area contributed by atoms with Crippen LogP contribution in [0.15, 0.2) is 23.2 Å². The predicted octanol–water partition coefficient (Wildman–Crippen LogP) is 2.41. The molecule has 4 nitrogen and oxygen atoms in total. The largest absolute Gasteiger partial charge is 0.305 e. The van der Waals surface area contributed by atoms with E-state index >= 15 is 0 Å². The lowest BCUT2D eigenvalue weighted by atomic mass is 10.2. The van der Waals surface area contributed by atoms with Gasteiger partial charge in [0.05, 0.1) is 5.51 Å². The number of nitrogens with zero attached hydrogens (tertiary/aromatic N) is 2. The van der Waals surface area contributed by atoms with Gasteiger partial charge in [-0.3, -0.25) is 4.79 Å². The van der Waals surface area contributed by atoms with Crippen LogP contribution in [0.5, 0.6) is 0 Å². The zero-order chi connectivity index (χ0) is 11.5. The van der Waals surface area contributed by atoms with Gasteiger partial charge in [-0.05, 0) is 25.0 Å². The molecule has 0 aliphatic carbocycles. The summed E-state index contributed by atoms with van der Waals surface area (Å²) in [7, 11) is 0. The summed E-state index contributed by atoms with van der Waals surface area (Å²) in [5, 5.41) is 4.44. The van der Waals surface area contributed by atoms with Crippen LogP contribution in [0.3, 0.4) is 0 Å². The lowest BCUT2D eigenvalue weighted by Gasteiger charge is -2.06. The van der Waals surface area contributed by atoms with Gasteiger partial charge in [0, 0.05) is 11.6 Å². The summed E-state index contributed by atoms with van der Waals surface area (Å²) in [6, 6.07) is 1.98. The topological polar surface area (TPSA) is 54.9 Å². The van der Waals surface area contributed by atoms with E-state index < -0.39 is 0 Å². The van der Waals surface area contributed by atoms with Crippen LogP contribution < -0.4 is 5.32 Å². The van der Waals surface area contributed by atoms with Crippen molar-refractivity contribution in [1.29, 1.82) is 0 Å². The first kappa shape index (κ1) is 10.8. The van der Waals surface area contributed by atoms with Crippen LogP contribution in [0.1, 0.15) is 21.6 Å². The highest BCUT2D eigenvalue weighted by molar-refractivity contribution is 7.07. The number of hydrogen-bond donors (Lipinski definition) is 1. The van der Waals surface area contributed by atoms with Crippen LogP contribution in [0, 0.1) is 13.8 Å². The first-order valence-electron chi connectivity index (χ1n) is 4.79. The number of thiazole rings is 1. The highest BCUT2D eigenvalue weighted by Gasteiger charge is 2.09. The number of hydrogen-bond acceptors (Lipinski definition) is 4. The molecule has 2 aromatic rings. The van der Waals surface area contributed by atoms with Crippen molar-refractivity contribution in [3.8, 4) is 0 Å². The van der Waals surface area contributed by atoms with E-state index in [0.29, 0.717) is 11.5 Å². The lowest BCUT2D eigenvalue weighted by molar-refractivity contribution is 0.102. The zero-order valence-corrected chi connectivity index (χ0v) is 9.84. The van der Waals surface area contributed by atoms with Gasteiger partial charge in [0.15, 0.2) is 0 Å². The van der Waals surface area contributed by atoms with Crippen LogP contribution in [0.4, 0.5) is 5.82 Å². The van der Waals surface area contributed by atoms with Crippen LogP contribution in [0.25, 0.3) is 0 Å². The van der Waals surface area contributed by atoms with Crippen molar-refractivity contribution in [3.63, 3.8) is 0 Å². The Morgan fingerprint density at radius 3 is 2.81 bits per heavy atom. The van der Waals surface area contributed by atoms with E-state index in [-0.39, 0.29) is 5.91 Å². The minimum atomic E-state index is -0.222. The Kier molecular flexibility index (Phi) is 2.96. The Morgan fingerprint density at radius 2 is 2.19 bits per heavy atom. The van der Waals surface area contributed by atoms with E-state index in [0.717, 1.165) is 11.1 Å². The summed E-state index contributed by atoms with van der Waals surface area (Å²) in [6.45, 7) is 3.88. The van der Waals surface area contributed by atoms with Gasteiger partial charge in [0.1, 0.15) is 11.5 Å². The third kappa shape index (κ3) is 2.25. The third-order valence-electron chi connectivity index (χ3n) is 2.11. The number of pyridine rings is 1. The van der Waals surface area contributed by atoms with E-state index in [2.05, 4.69) is 15.3 Å². The number of aromatic nitrogens is 2. The average molecular weight is 233 g/mol. The maximum absolute atomic E-state index is 11.7. The second-order valence-corrected chi connectivity index (χ2v) is 4.22. The molecule has 0 spiro atoms. The number of anilines is 1. The second-order valence-electron chi connectivity index (χ2n) is 3.51. The molecule has 0 fully saturated rings. The smallest absolute Gasteiger partial charge is 0.276 e. The maximum Gasteiger partial charge on any atom is 0.276 e. The Hall–Kier alpha value is -1.75. The molecule has 82 valence electrons. The summed E-state index contributed by atoms with van der Waals surface area (Å²) in [5.74, 6) is 0.365. The summed E-state index contributed by atoms with van der Waals surface area (Å²) in [4.78, 5) is 19.8. The van der Waals surface area contributed by atoms with Gasteiger partial charge in [0.2, 0.25) is 0 Å². The fourth-order valence-electron chi connectivity index (χ4n) is 1.34. The molecule has 0 bridgehead atoms. The molecular weight excluding hydrogens is 222 g/mol. The number of rotatable bonds is 2. The lowest BCUT2D eigenvalue weighted by Crippen LogP contribution is -2.14. The number of nitrogens with one attached hydrogen (secondary N) is 1. The van der Waals surface area contributed by atoms with Crippen molar-refractivity contribution in [3.05, 3.63) is 40.0 Å². The molecule has 0 saturated heterocycles. The molecular formula is C11H11N3OS. The van der Waals surface area contributed by atoms with Crippen LogP contribution in [0.2, 0.25) is 0 Å². The molecule has 0 unspecified atom stereocenters. The van der Waals surface area contributed by atoms with Crippen molar-refractivity contribution in [2.75, 3.05) is 5.32 Å². The quantitative estimate of drug-likeness (QED) is 0.866. The Bertz CT molecular complexity index is 508. The molecule has 2 heterocycles. The monoisotopic (exact) mass is 233 g/mol. The number of aryl methyl sites for hydroxylation is 2. The first-order valence-corrected chi connectivity index (χ1v) is 5.74. The molecule has 0 aromatic carbocycles. The van der Waals surface area contributed by atoms with Crippen LogP contribution in [-0.2, 0) is 0 Å². The molecule has 1 amide bonds. The van der Waals surface area contributed by atoms with Gasteiger partial charge in [0.25, 0.3) is 5.91 Å². The SMILES string of the molecule is Cc1cnc(NC(=O)c2cscn2)c(C)c1. The third-order valence-corrected chi connectivity index (χ3v) is 2.70. The molecule has 0 radical (unpaired) electrons. The van der Waals surface area contributed by atoms with Gasteiger partial charge in [-0.1, -0.05) is 6.07 Å². The highest BCUT2D eigenvalue weighted by Crippen LogP contribution is 2.13. The van der Waals surface area contributed by atoms with Crippen LogP contribution in [-0.4, -0.2) is 15.9 Å². The Morgan fingerprint density at radius 1 is 1.38 bits per heavy atom. The highest BCUT2D eigenvalue weighted by atomic mass is 32.1. The van der Waals surface area contributed by atoms with E-state index in [1.54, 1.807) is 17.1 Å². The Labute approximate surface area is 97.4 Å².